The summed E-state index contributed by atoms with van der Waals surface area (Å²) in [5, 5.41) is 21.5. The molecule has 1 saturated carbocycles. The fourth-order valence-corrected chi connectivity index (χ4v) is 7.88. The molecule has 3 aromatic rings. The van der Waals surface area contributed by atoms with Crippen molar-refractivity contribution in [2.75, 3.05) is 24.6 Å². The van der Waals surface area contributed by atoms with Gasteiger partial charge >= 0.3 is 6.18 Å². The topological polar surface area (TPSA) is 91.6 Å². The standard InChI is InChI=1S/C38H46F6N4O3/c1-35(2)17-27-30(28(49)18-35)29(22-9-13-37(40,41)14-10-22)31(32(39)23-5-7-25(8-6-23)38(42,43)44)33(47-27)24-11-15-48(16-12-24)34-45-19-26(20-46-34)51-21-36(3,4)50/h5-8,19-20,22,24,28,32,49-50H,9-18,21H2,1-4H3. The van der Waals surface area contributed by atoms with Crippen LogP contribution in [0, 0.1) is 5.41 Å². The SMILES string of the molecule is CC(C)(O)COc1cnc(N2CCC(c3nc4c(c(C5CCC(F)(F)CC5)c3C(F)c3ccc(C(F)(F)F)cc3)C(O)CC(C)(C)C4)CC2)nc1. The number of fused-ring (bicyclic) bond motifs is 1. The molecule has 0 radical (unpaired) electrons. The van der Waals surface area contributed by atoms with Crippen molar-refractivity contribution in [1.29, 1.82) is 0 Å². The molecule has 7 nitrogen and oxygen atoms in total. The number of anilines is 1. The summed E-state index contributed by atoms with van der Waals surface area (Å²) in [6, 6.07) is 3.96. The second-order valence-corrected chi connectivity index (χ2v) is 15.9. The lowest BCUT2D eigenvalue weighted by Crippen LogP contribution is -2.36. The van der Waals surface area contributed by atoms with Crippen LogP contribution in [-0.2, 0) is 12.6 Å². The summed E-state index contributed by atoms with van der Waals surface area (Å²) in [5.74, 6) is -2.68. The number of aliphatic hydroxyl groups is 2. The van der Waals surface area contributed by atoms with E-state index in [0.717, 1.165) is 24.3 Å². The molecule has 0 amide bonds. The summed E-state index contributed by atoms with van der Waals surface area (Å²) in [5.41, 5.74) is 0.0879. The molecule has 1 aliphatic heterocycles. The molecule has 2 fully saturated rings. The molecule has 1 saturated heterocycles. The van der Waals surface area contributed by atoms with Gasteiger partial charge in [-0.15, -0.1) is 0 Å². The average molecular weight is 721 g/mol. The van der Waals surface area contributed by atoms with Crippen molar-refractivity contribution in [1.82, 2.24) is 15.0 Å². The summed E-state index contributed by atoms with van der Waals surface area (Å²) in [4.78, 5) is 16.0. The van der Waals surface area contributed by atoms with Gasteiger partial charge in [-0.2, -0.15) is 13.2 Å². The predicted octanol–water partition coefficient (Wildman–Crippen LogP) is 8.78. The fourth-order valence-electron chi connectivity index (χ4n) is 7.88. The molecule has 3 aliphatic rings. The molecule has 51 heavy (non-hydrogen) atoms. The van der Waals surface area contributed by atoms with Gasteiger partial charge in [-0.25, -0.2) is 23.1 Å². The molecular formula is C38H46F6N4O3. The largest absolute Gasteiger partial charge is 0.487 e. The molecular weight excluding hydrogens is 674 g/mol. The van der Waals surface area contributed by atoms with Crippen LogP contribution in [-0.4, -0.2) is 56.4 Å². The first-order valence-electron chi connectivity index (χ1n) is 17.7. The minimum atomic E-state index is -4.60. The first-order valence-corrected chi connectivity index (χ1v) is 17.7. The molecule has 3 heterocycles. The van der Waals surface area contributed by atoms with Gasteiger partial charge < -0.3 is 19.8 Å². The highest BCUT2D eigenvalue weighted by atomic mass is 19.4. The van der Waals surface area contributed by atoms with E-state index in [9.17, 15) is 32.2 Å². The number of alkyl halides is 6. The van der Waals surface area contributed by atoms with Crippen LogP contribution in [0.25, 0.3) is 0 Å². The zero-order chi connectivity index (χ0) is 36.9. The average Bonchev–Trinajstić information content (AvgIpc) is 3.05. The Labute approximate surface area is 294 Å². The zero-order valence-electron chi connectivity index (χ0n) is 29.4. The van der Waals surface area contributed by atoms with E-state index < -0.39 is 41.5 Å². The van der Waals surface area contributed by atoms with E-state index in [1.54, 1.807) is 13.8 Å². The monoisotopic (exact) mass is 720 g/mol. The van der Waals surface area contributed by atoms with Gasteiger partial charge in [0.2, 0.25) is 11.9 Å². The van der Waals surface area contributed by atoms with Crippen molar-refractivity contribution in [3.05, 3.63) is 75.9 Å². The summed E-state index contributed by atoms with van der Waals surface area (Å²) in [6.07, 6.45) is -3.00. The Morgan fingerprint density at radius 3 is 2.12 bits per heavy atom. The minimum absolute atomic E-state index is 0.0109. The smallest absolute Gasteiger partial charge is 0.416 e. The quantitative estimate of drug-likeness (QED) is 0.225. The van der Waals surface area contributed by atoms with E-state index in [1.807, 2.05) is 18.7 Å². The molecule has 13 heteroatoms. The number of pyridine rings is 1. The maximum absolute atomic E-state index is 17.2. The van der Waals surface area contributed by atoms with Crippen molar-refractivity contribution >= 4 is 5.95 Å². The Morgan fingerprint density at radius 2 is 1.55 bits per heavy atom. The molecule has 2 aromatic heterocycles. The molecule has 0 spiro atoms. The fraction of sp³-hybridized carbons (Fsp3) is 0.605. The van der Waals surface area contributed by atoms with Crippen LogP contribution in [0.5, 0.6) is 5.75 Å². The Hall–Kier alpha value is -3.45. The Bertz CT molecular complexity index is 1670. The van der Waals surface area contributed by atoms with Crippen LogP contribution in [0.15, 0.2) is 36.7 Å². The number of aliphatic hydroxyl groups excluding tert-OH is 1. The maximum atomic E-state index is 17.2. The van der Waals surface area contributed by atoms with E-state index in [0.29, 0.717) is 73.0 Å². The highest BCUT2D eigenvalue weighted by Crippen LogP contribution is 2.52. The number of ether oxygens (including phenoxy) is 1. The third kappa shape index (κ3) is 8.45. The van der Waals surface area contributed by atoms with Gasteiger partial charge in [-0.3, -0.25) is 4.98 Å². The number of aromatic nitrogens is 3. The van der Waals surface area contributed by atoms with Crippen LogP contribution in [0.2, 0.25) is 0 Å². The molecule has 6 rings (SSSR count). The van der Waals surface area contributed by atoms with Crippen molar-refractivity contribution < 1.29 is 41.3 Å². The molecule has 1 aromatic carbocycles. The lowest BCUT2D eigenvalue weighted by Gasteiger charge is -2.41. The molecule has 2 unspecified atom stereocenters. The Kier molecular flexibility index (Phi) is 10.1. The van der Waals surface area contributed by atoms with Crippen LogP contribution in [0.3, 0.4) is 0 Å². The van der Waals surface area contributed by atoms with E-state index in [-0.39, 0.29) is 54.7 Å². The van der Waals surface area contributed by atoms with Crippen molar-refractivity contribution in [3.63, 3.8) is 0 Å². The van der Waals surface area contributed by atoms with Gasteiger partial charge in [0.15, 0.2) is 11.9 Å². The first-order chi connectivity index (χ1) is 23.8. The second kappa shape index (κ2) is 13.8. The predicted molar refractivity (Wildman–Crippen MR) is 180 cm³/mol. The molecule has 2 N–H and O–H groups in total. The number of nitrogens with zero attached hydrogens (tertiary/aromatic N) is 4. The molecule has 2 atom stereocenters. The van der Waals surface area contributed by atoms with Gasteiger partial charge in [-0.1, -0.05) is 26.0 Å². The van der Waals surface area contributed by atoms with E-state index in [4.69, 9.17) is 9.72 Å². The van der Waals surface area contributed by atoms with Crippen molar-refractivity contribution in [2.45, 2.75) is 121 Å². The van der Waals surface area contributed by atoms with Gasteiger partial charge in [0.25, 0.3) is 0 Å². The first kappa shape index (κ1) is 37.3. The number of benzene rings is 1. The number of piperidine rings is 1. The lowest BCUT2D eigenvalue weighted by molar-refractivity contribution is -0.137. The van der Waals surface area contributed by atoms with E-state index >= 15 is 4.39 Å². The Morgan fingerprint density at radius 1 is 0.941 bits per heavy atom. The van der Waals surface area contributed by atoms with Crippen molar-refractivity contribution in [2.24, 2.45) is 5.41 Å². The van der Waals surface area contributed by atoms with Crippen LogP contribution in [0.1, 0.15) is 136 Å². The number of hydrogen-bond acceptors (Lipinski definition) is 7. The van der Waals surface area contributed by atoms with Crippen LogP contribution >= 0.6 is 0 Å². The summed E-state index contributed by atoms with van der Waals surface area (Å²) >= 11 is 0. The van der Waals surface area contributed by atoms with Crippen molar-refractivity contribution in [3.8, 4) is 5.75 Å². The number of halogens is 6. The lowest BCUT2D eigenvalue weighted by atomic mass is 9.68. The molecule has 0 bridgehead atoms. The number of rotatable bonds is 8. The summed E-state index contributed by atoms with van der Waals surface area (Å²) in [6.45, 7) is 8.38. The third-order valence-corrected chi connectivity index (χ3v) is 10.4. The van der Waals surface area contributed by atoms with E-state index in [1.165, 1.54) is 12.4 Å². The normalized spacial score (nSPS) is 22.0. The second-order valence-electron chi connectivity index (χ2n) is 15.9. The van der Waals surface area contributed by atoms with Gasteiger partial charge in [0, 0.05) is 48.7 Å². The molecule has 2 aliphatic carbocycles. The van der Waals surface area contributed by atoms with E-state index in [2.05, 4.69) is 9.97 Å². The van der Waals surface area contributed by atoms with Crippen LogP contribution < -0.4 is 9.64 Å². The highest BCUT2D eigenvalue weighted by Gasteiger charge is 2.44. The summed E-state index contributed by atoms with van der Waals surface area (Å²) < 4.78 is 92.1. The van der Waals surface area contributed by atoms with Gasteiger partial charge in [0.05, 0.1) is 35.4 Å². The van der Waals surface area contributed by atoms with Gasteiger partial charge in [-0.05, 0) is 87.0 Å². The Balaban J connectivity index is 1.39. The minimum Gasteiger partial charge on any atom is -0.487 e. The molecule has 278 valence electrons. The third-order valence-electron chi connectivity index (χ3n) is 10.4. The zero-order valence-corrected chi connectivity index (χ0v) is 29.4. The highest BCUT2D eigenvalue weighted by molar-refractivity contribution is 5.51. The van der Waals surface area contributed by atoms with Crippen LogP contribution in [0.4, 0.5) is 32.3 Å². The number of hydrogen-bond donors (Lipinski definition) is 2. The summed E-state index contributed by atoms with van der Waals surface area (Å²) in [7, 11) is 0. The maximum Gasteiger partial charge on any atom is 0.416 e. The van der Waals surface area contributed by atoms with Gasteiger partial charge in [0.1, 0.15) is 6.61 Å².